The number of halogens is 1. The van der Waals surface area contributed by atoms with Crippen LogP contribution in [0, 0.1) is 25.2 Å². The summed E-state index contributed by atoms with van der Waals surface area (Å²) >= 11 is 6.31. The molecule has 1 rings (SSSR count). The Kier molecular flexibility index (Phi) is 5.50. The maximum absolute atomic E-state index is 8.70. The zero-order valence-electron chi connectivity index (χ0n) is 11.5. The third kappa shape index (κ3) is 3.17. The van der Waals surface area contributed by atoms with Crippen molar-refractivity contribution < 1.29 is 4.74 Å². The summed E-state index contributed by atoms with van der Waals surface area (Å²) in [6.45, 7) is 8.74. The molecule has 0 aliphatic carbocycles. The number of hydrogen-bond donors (Lipinski definition) is 0. The van der Waals surface area contributed by atoms with Gasteiger partial charge >= 0.3 is 0 Å². The molecule has 0 aliphatic heterocycles. The molecular weight excluding hydrogens is 246 g/mol. The summed E-state index contributed by atoms with van der Waals surface area (Å²) in [5.41, 5.74) is 3.25. The van der Waals surface area contributed by atoms with Gasteiger partial charge in [-0.25, -0.2) is 0 Å². The molecule has 0 N–H and O–H groups in total. The normalized spacial score (nSPS) is 12.0. The quantitative estimate of drug-likeness (QED) is 0.769. The van der Waals surface area contributed by atoms with Crippen molar-refractivity contribution in [2.45, 2.75) is 46.5 Å². The molecule has 1 unspecified atom stereocenters. The molecule has 0 bridgehead atoms. The van der Waals surface area contributed by atoms with Crippen LogP contribution in [0.5, 0.6) is 5.75 Å². The van der Waals surface area contributed by atoms with Crippen molar-refractivity contribution in [1.29, 1.82) is 5.26 Å². The van der Waals surface area contributed by atoms with E-state index in [-0.39, 0.29) is 5.92 Å². The van der Waals surface area contributed by atoms with Crippen molar-refractivity contribution in [2.75, 3.05) is 6.61 Å². The van der Waals surface area contributed by atoms with Crippen LogP contribution in [0.1, 0.15) is 49.3 Å². The summed E-state index contributed by atoms with van der Waals surface area (Å²) in [6, 6.07) is 4.19. The second kappa shape index (κ2) is 6.66. The fraction of sp³-hybridized carbons (Fsp3) is 0.533. The highest BCUT2D eigenvalue weighted by Gasteiger charge is 2.18. The highest BCUT2D eigenvalue weighted by atomic mass is 35.5. The van der Waals surface area contributed by atoms with Crippen LogP contribution in [0.15, 0.2) is 6.07 Å². The van der Waals surface area contributed by atoms with Gasteiger partial charge in [-0.3, -0.25) is 0 Å². The van der Waals surface area contributed by atoms with E-state index in [9.17, 15) is 0 Å². The molecule has 0 amide bonds. The van der Waals surface area contributed by atoms with Crippen LogP contribution in [-0.4, -0.2) is 6.61 Å². The Morgan fingerprint density at radius 1 is 1.44 bits per heavy atom. The Balaban J connectivity index is 3.22. The first-order valence-corrected chi connectivity index (χ1v) is 6.70. The Labute approximate surface area is 115 Å². The summed E-state index contributed by atoms with van der Waals surface area (Å²) in [7, 11) is 0. The molecule has 0 heterocycles. The summed E-state index contributed by atoms with van der Waals surface area (Å²) in [5, 5.41) is 9.50. The number of benzene rings is 1. The third-order valence-corrected chi connectivity index (χ3v) is 3.76. The lowest BCUT2D eigenvalue weighted by Crippen LogP contribution is -2.04. The summed E-state index contributed by atoms with van der Waals surface area (Å²) < 4.78 is 5.71. The SMILES string of the molecule is CCOc1cc(C)c(Cl)c(C)c1C(C)CCC#N. The average molecular weight is 266 g/mol. The predicted octanol–water partition coefficient (Wildman–Crippen LogP) is 4.76. The van der Waals surface area contributed by atoms with Crippen LogP contribution < -0.4 is 4.74 Å². The van der Waals surface area contributed by atoms with E-state index in [1.807, 2.05) is 26.8 Å². The standard InChI is InChI=1S/C15H20ClNO/c1-5-18-13-9-11(3)15(16)12(4)14(13)10(2)7-6-8-17/h9-10H,5-7H2,1-4H3. The van der Waals surface area contributed by atoms with Crippen LogP contribution >= 0.6 is 11.6 Å². The van der Waals surface area contributed by atoms with E-state index in [0.717, 1.165) is 33.9 Å². The van der Waals surface area contributed by atoms with E-state index >= 15 is 0 Å². The van der Waals surface area contributed by atoms with Gasteiger partial charge in [0.15, 0.2) is 0 Å². The van der Waals surface area contributed by atoms with Crippen molar-refractivity contribution in [2.24, 2.45) is 0 Å². The molecule has 1 atom stereocenters. The van der Waals surface area contributed by atoms with Crippen LogP contribution in [-0.2, 0) is 0 Å². The van der Waals surface area contributed by atoms with E-state index in [0.29, 0.717) is 13.0 Å². The summed E-state index contributed by atoms with van der Waals surface area (Å²) in [6.07, 6.45) is 1.38. The number of nitrogens with zero attached hydrogens (tertiary/aromatic N) is 1. The van der Waals surface area contributed by atoms with Crippen LogP contribution in [0.4, 0.5) is 0 Å². The zero-order chi connectivity index (χ0) is 13.7. The topological polar surface area (TPSA) is 33.0 Å². The molecule has 0 saturated heterocycles. The van der Waals surface area contributed by atoms with E-state index in [4.69, 9.17) is 21.6 Å². The second-order valence-electron chi connectivity index (χ2n) is 4.58. The molecule has 98 valence electrons. The van der Waals surface area contributed by atoms with Crippen LogP contribution in [0.3, 0.4) is 0 Å². The van der Waals surface area contributed by atoms with Gasteiger partial charge in [0.1, 0.15) is 5.75 Å². The molecule has 1 aromatic rings. The first-order valence-electron chi connectivity index (χ1n) is 6.32. The van der Waals surface area contributed by atoms with E-state index in [1.54, 1.807) is 0 Å². The van der Waals surface area contributed by atoms with Crippen LogP contribution in [0.25, 0.3) is 0 Å². The molecule has 0 spiro atoms. The molecule has 0 radical (unpaired) electrons. The van der Waals surface area contributed by atoms with Crippen molar-refractivity contribution in [1.82, 2.24) is 0 Å². The largest absolute Gasteiger partial charge is 0.494 e. The maximum Gasteiger partial charge on any atom is 0.123 e. The first kappa shape index (κ1) is 14.9. The van der Waals surface area contributed by atoms with Gasteiger partial charge in [-0.2, -0.15) is 5.26 Å². The fourth-order valence-corrected chi connectivity index (χ4v) is 2.41. The fourth-order valence-electron chi connectivity index (χ4n) is 2.25. The van der Waals surface area contributed by atoms with E-state index in [1.165, 1.54) is 0 Å². The Hall–Kier alpha value is -1.20. The monoisotopic (exact) mass is 265 g/mol. The van der Waals surface area contributed by atoms with Gasteiger partial charge in [0.05, 0.1) is 12.7 Å². The molecule has 2 nitrogen and oxygen atoms in total. The smallest absolute Gasteiger partial charge is 0.123 e. The van der Waals surface area contributed by atoms with Gasteiger partial charge in [0, 0.05) is 17.0 Å². The summed E-state index contributed by atoms with van der Waals surface area (Å²) in [4.78, 5) is 0. The maximum atomic E-state index is 8.70. The van der Waals surface area contributed by atoms with Gasteiger partial charge < -0.3 is 4.74 Å². The summed E-state index contributed by atoms with van der Waals surface area (Å²) in [5.74, 6) is 1.19. The number of rotatable bonds is 5. The van der Waals surface area contributed by atoms with Gasteiger partial charge in [-0.15, -0.1) is 0 Å². The Morgan fingerprint density at radius 2 is 2.11 bits per heavy atom. The van der Waals surface area contributed by atoms with Crippen LogP contribution in [0.2, 0.25) is 5.02 Å². The molecular formula is C15H20ClNO. The van der Waals surface area contributed by atoms with Crippen molar-refractivity contribution in [3.05, 3.63) is 27.8 Å². The Bertz CT molecular complexity index is 463. The minimum Gasteiger partial charge on any atom is -0.494 e. The molecule has 3 heteroatoms. The van der Waals surface area contributed by atoms with Crippen molar-refractivity contribution in [3.63, 3.8) is 0 Å². The minimum absolute atomic E-state index is 0.282. The molecule has 18 heavy (non-hydrogen) atoms. The van der Waals surface area contributed by atoms with Gasteiger partial charge in [-0.1, -0.05) is 18.5 Å². The van der Waals surface area contributed by atoms with Crippen molar-refractivity contribution in [3.8, 4) is 11.8 Å². The van der Waals surface area contributed by atoms with Crippen molar-refractivity contribution >= 4 is 11.6 Å². The lowest BCUT2D eigenvalue weighted by molar-refractivity contribution is 0.333. The van der Waals surface area contributed by atoms with Gasteiger partial charge in [0.25, 0.3) is 0 Å². The molecule has 0 saturated carbocycles. The highest BCUT2D eigenvalue weighted by Crippen LogP contribution is 2.38. The van der Waals surface area contributed by atoms with E-state index in [2.05, 4.69) is 13.0 Å². The lowest BCUT2D eigenvalue weighted by Gasteiger charge is -2.20. The lowest BCUT2D eigenvalue weighted by atomic mass is 9.90. The molecule has 1 aromatic carbocycles. The highest BCUT2D eigenvalue weighted by molar-refractivity contribution is 6.32. The number of hydrogen-bond acceptors (Lipinski definition) is 2. The first-order chi connectivity index (χ1) is 8.52. The zero-order valence-corrected chi connectivity index (χ0v) is 12.3. The minimum atomic E-state index is 0.282. The predicted molar refractivity (Wildman–Crippen MR) is 75.4 cm³/mol. The van der Waals surface area contributed by atoms with Gasteiger partial charge in [-0.05, 0) is 50.3 Å². The second-order valence-corrected chi connectivity index (χ2v) is 4.95. The molecule has 0 aliphatic rings. The van der Waals surface area contributed by atoms with E-state index < -0.39 is 0 Å². The average Bonchev–Trinajstić information content (AvgIpc) is 2.34. The number of aryl methyl sites for hydroxylation is 1. The number of nitriles is 1. The Morgan fingerprint density at radius 3 is 2.67 bits per heavy atom. The molecule has 0 fully saturated rings. The number of ether oxygens (including phenoxy) is 1. The molecule has 0 aromatic heterocycles. The third-order valence-electron chi connectivity index (χ3n) is 3.17. The van der Waals surface area contributed by atoms with Gasteiger partial charge in [0.2, 0.25) is 0 Å².